The molecule has 0 saturated carbocycles. The molecule has 178 valence electrons. The van der Waals surface area contributed by atoms with Crippen LogP contribution in [0.2, 0.25) is 0 Å². The van der Waals surface area contributed by atoms with Gasteiger partial charge in [0, 0.05) is 24.7 Å². The first-order valence-electron chi connectivity index (χ1n) is 9.67. The number of aromatic nitrogens is 5. The van der Waals surface area contributed by atoms with Crippen molar-refractivity contribution < 1.29 is 20.3 Å². The molecule has 0 amide bonds. The lowest BCUT2D eigenvalue weighted by molar-refractivity contribution is 0.493. The summed E-state index contributed by atoms with van der Waals surface area (Å²) >= 11 is 1.15. The van der Waals surface area contributed by atoms with Crippen LogP contribution in [0.3, 0.4) is 0 Å². The molecule has 0 atom stereocenters. The summed E-state index contributed by atoms with van der Waals surface area (Å²) in [6.07, 6.45) is 1.67. The lowest BCUT2D eigenvalue weighted by Gasteiger charge is -2.28. The van der Waals surface area contributed by atoms with Gasteiger partial charge in [0.15, 0.2) is 9.84 Å². The lowest BCUT2D eigenvalue weighted by atomic mass is 9.97. The minimum absolute atomic E-state index is 0.0298. The molecule has 0 unspecified atom stereocenters. The van der Waals surface area contributed by atoms with Crippen LogP contribution >= 0.6 is 23.0 Å². The molecule has 15 heteroatoms. The number of hydrogen-bond acceptors (Lipinski definition) is 10. The molecule has 5 N–H and O–H groups in total. The quantitative estimate of drug-likeness (QED) is 0.233. The van der Waals surface area contributed by atoms with Gasteiger partial charge in [-0.05, 0) is 40.6 Å². The minimum atomic E-state index is -4.50. The van der Waals surface area contributed by atoms with E-state index in [2.05, 4.69) is 30.9 Å². The number of nitrogens with two attached hydrogens (primary N) is 1. The van der Waals surface area contributed by atoms with Crippen LogP contribution in [0.5, 0.6) is 0 Å². The molecule has 1 saturated heterocycles. The molecular formula is C19H18IN7O5S2. The predicted octanol–water partition coefficient (Wildman–Crippen LogP) is 0.804. The van der Waals surface area contributed by atoms with Gasteiger partial charge in [-0.15, -0.1) is 10.2 Å². The Hall–Kier alpha value is -2.57. The Balaban J connectivity index is 0.00000133. The SMILES string of the molecule is NS(=O)(=O)c1c(S(=O)(=O)C2CNC2)ccc(-c2ccc3ncccc3c2)c1-c1nn[nH]n1.OI. The molecule has 1 aliphatic heterocycles. The van der Waals surface area contributed by atoms with Crippen LogP contribution in [0.25, 0.3) is 33.4 Å². The van der Waals surface area contributed by atoms with Gasteiger partial charge in [-0.3, -0.25) is 4.98 Å². The van der Waals surface area contributed by atoms with Gasteiger partial charge >= 0.3 is 0 Å². The number of hydrogen-bond donors (Lipinski definition) is 4. The molecule has 34 heavy (non-hydrogen) atoms. The van der Waals surface area contributed by atoms with E-state index in [-0.39, 0.29) is 29.4 Å². The number of nitrogens with zero attached hydrogens (tertiary/aromatic N) is 4. The van der Waals surface area contributed by atoms with Crippen LogP contribution in [0, 0.1) is 0 Å². The van der Waals surface area contributed by atoms with Crippen LogP contribution in [-0.2, 0) is 19.9 Å². The van der Waals surface area contributed by atoms with Gasteiger partial charge in [-0.25, -0.2) is 22.0 Å². The fourth-order valence-corrected chi connectivity index (χ4v) is 6.89. The van der Waals surface area contributed by atoms with E-state index < -0.39 is 30.0 Å². The molecule has 1 aliphatic rings. The molecule has 3 heterocycles. The van der Waals surface area contributed by atoms with Gasteiger partial charge in [0.1, 0.15) is 27.9 Å². The lowest BCUT2D eigenvalue weighted by Crippen LogP contribution is -2.51. The number of fused-ring (bicyclic) bond motifs is 1. The zero-order valence-electron chi connectivity index (χ0n) is 17.3. The number of nitrogens with one attached hydrogen (secondary N) is 2. The van der Waals surface area contributed by atoms with Crippen molar-refractivity contribution in [1.82, 2.24) is 30.9 Å². The Kier molecular flexibility index (Phi) is 6.92. The second-order valence-electron chi connectivity index (χ2n) is 7.33. The molecular weight excluding hydrogens is 597 g/mol. The van der Waals surface area contributed by atoms with E-state index in [0.717, 1.165) is 33.9 Å². The second kappa shape index (κ2) is 9.59. The molecule has 12 nitrogen and oxygen atoms in total. The third-order valence-electron chi connectivity index (χ3n) is 5.38. The number of sulfone groups is 1. The number of benzene rings is 2. The number of sulfonamides is 1. The summed E-state index contributed by atoms with van der Waals surface area (Å²) in [5, 5.41) is 22.2. The van der Waals surface area contributed by atoms with E-state index in [9.17, 15) is 16.8 Å². The Bertz CT molecular complexity index is 1560. The standard InChI is InChI=1S/C19H17N7O4S2.HIO/c20-32(29,30)18-16(31(27,28)13-9-21-10-13)6-4-14(17(18)19-23-25-26-24-19)11-3-5-15-12(8-11)2-1-7-22-15;1-2/h1-8,13,21H,9-10H2,(H2,20,29,30)(H,23,24,25,26);2H. The van der Waals surface area contributed by atoms with Crippen molar-refractivity contribution in [1.29, 1.82) is 0 Å². The summed E-state index contributed by atoms with van der Waals surface area (Å²) in [6, 6.07) is 11.8. The molecule has 4 aromatic rings. The monoisotopic (exact) mass is 615 g/mol. The van der Waals surface area contributed by atoms with Crippen LogP contribution in [-0.4, -0.2) is 64.2 Å². The minimum Gasteiger partial charge on any atom is -0.331 e. The summed E-state index contributed by atoms with van der Waals surface area (Å²) < 4.78 is 58.8. The third-order valence-corrected chi connectivity index (χ3v) is 8.66. The van der Waals surface area contributed by atoms with E-state index in [1.54, 1.807) is 24.4 Å². The van der Waals surface area contributed by atoms with Gasteiger partial charge in [0.05, 0.1) is 21.2 Å². The number of halogens is 1. The van der Waals surface area contributed by atoms with Crippen LogP contribution in [0.15, 0.2) is 58.5 Å². The molecule has 2 aromatic carbocycles. The Morgan fingerprint density at radius 1 is 1.06 bits per heavy atom. The van der Waals surface area contributed by atoms with Crippen molar-refractivity contribution in [2.45, 2.75) is 15.0 Å². The molecule has 0 bridgehead atoms. The smallest absolute Gasteiger partial charge is 0.240 e. The maximum Gasteiger partial charge on any atom is 0.240 e. The molecule has 0 radical (unpaired) electrons. The highest BCUT2D eigenvalue weighted by Gasteiger charge is 2.38. The number of primary sulfonamides is 1. The van der Waals surface area contributed by atoms with Gasteiger partial charge in [-0.1, -0.05) is 18.2 Å². The Morgan fingerprint density at radius 3 is 2.44 bits per heavy atom. The first kappa shape index (κ1) is 24.6. The summed E-state index contributed by atoms with van der Waals surface area (Å²) in [6.45, 7) is 0.451. The summed E-state index contributed by atoms with van der Waals surface area (Å²) in [7, 11) is -8.48. The fraction of sp³-hybridized carbons (Fsp3) is 0.158. The highest BCUT2D eigenvalue weighted by atomic mass is 127. The third kappa shape index (κ3) is 4.41. The van der Waals surface area contributed by atoms with E-state index in [1.165, 1.54) is 12.1 Å². The highest BCUT2D eigenvalue weighted by molar-refractivity contribution is 14.1. The van der Waals surface area contributed by atoms with Crippen LogP contribution < -0.4 is 10.5 Å². The van der Waals surface area contributed by atoms with E-state index in [0.29, 0.717) is 11.1 Å². The van der Waals surface area contributed by atoms with Crippen LogP contribution in [0.1, 0.15) is 0 Å². The maximum atomic E-state index is 13.2. The Morgan fingerprint density at radius 2 is 1.82 bits per heavy atom. The van der Waals surface area contributed by atoms with E-state index in [4.69, 9.17) is 8.57 Å². The summed E-state index contributed by atoms with van der Waals surface area (Å²) in [5.41, 5.74) is 1.73. The average molecular weight is 615 g/mol. The van der Waals surface area contributed by atoms with Crippen molar-refractivity contribution >= 4 is 53.8 Å². The molecule has 2 aromatic heterocycles. The van der Waals surface area contributed by atoms with Gasteiger partial charge < -0.3 is 8.75 Å². The number of pyridine rings is 1. The average Bonchev–Trinajstić information content (AvgIpc) is 3.32. The fourth-order valence-electron chi connectivity index (χ4n) is 3.70. The molecule has 5 rings (SSSR count). The summed E-state index contributed by atoms with van der Waals surface area (Å²) in [4.78, 5) is 3.36. The second-order valence-corrected chi connectivity index (χ2v) is 11.0. The molecule has 0 aliphatic carbocycles. The molecule has 0 spiro atoms. The molecule has 1 fully saturated rings. The van der Waals surface area contributed by atoms with Crippen molar-refractivity contribution in [3.05, 3.63) is 48.7 Å². The van der Waals surface area contributed by atoms with Gasteiger partial charge in [0.2, 0.25) is 15.8 Å². The zero-order chi connectivity index (χ0) is 24.5. The van der Waals surface area contributed by atoms with Crippen molar-refractivity contribution in [3.8, 4) is 22.5 Å². The Labute approximate surface area is 208 Å². The zero-order valence-corrected chi connectivity index (χ0v) is 21.0. The van der Waals surface area contributed by atoms with Crippen molar-refractivity contribution in [2.75, 3.05) is 13.1 Å². The van der Waals surface area contributed by atoms with Gasteiger partial charge in [-0.2, -0.15) is 5.21 Å². The number of aromatic amines is 1. The first-order chi connectivity index (χ1) is 16.3. The summed E-state index contributed by atoms with van der Waals surface area (Å²) in [5.74, 6) is -0.0842. The normalized spacial score (nSPS) is 14.3. The van der Waals surface area contributed by atoms with Crippen LogP contribution in [0.4, 0.5) is 0 Å². The largest absolute Gasteiger partial charge is 0.331 e. The van der Waals surface area contributed by atoms with E-state index >= 15 is 0 Å². The van der Waals surface area contributed by atoms with Crippen molar-refractivity contribution in [3.63, 3.8) is 0 Å². The number of rotatable bonds is 5. The highest BCUT2D eigenvalue weighted by Crippen LogP contribution is 2.40. The number of tetrazole rings is 1. The topological polar surface area (TPSA) is 194 Å². The first-order valence-corrected chi connectivity index (χ1v) is 13.7. The number of H-pyrrole nitrogens is 1. The maximum absolute atomic E-state index is 13.2. The van der Waals surface area contributed by atoms with Crippen molar-refractivity contribution in [2.24, 2.45) is 5.14 Å². The van der Waals surface area contributed by atoms with E-state index in [1.807, 2.05) is 12.1 Å². The van der Waals surface area contributed by atoms with Gasteiger partial charge in [0.25, 0.3) is 0 Å². The predicted molar refractivity (Wildman–Crippen MR) is 132 cm³/mol.